The number of carbonyl (C=O) groups is 2. The van der Waals surface area contributed by atoms with Crippen molar-refractivity contribution in [2.45, 2.75) is 32.7 Å². The Hall–Kier alpha value is -2.47. The highest BCUT2D eigenvalue weighted by Gasteiger charge is 2.19. The van der Waals surface area contributed by atoms with Gasteiger partial charge >= 0.3 is 0 Å². The highest BCUT2D eigenvalue weighted by Crippen LogP contribution is 2.26. The van der Waals surface area contributed by atoms with Crippen LogP contribution in [-0.2, 0) is 16.1 Å². The fourth-order valence-electron chi connectivity index (χ4n) is 2.72. The van der Waals surface area contributed by atoms with Crippen molar-refractivity contribution in [2.24, 2.45) is 5.92 Å². The molecule has 2 aromatic rings. The predicted octanol–water partition coefficient (Wildman–Crippen LogP) is 3.74. The Labute approximate surface area is 151 Å². The number of benzene rings is 1. The van der Waals surface area contributed by atoms with Crippen molar-refractivity contribution in [1.82, 2.24) is 10.3 Å². The number of hydrogen-bond acceptors (Lipinski definition) is 4. The largest absolute Gasteiger partial charge is 0.352 e. The monoisotopic (exact) mass is 355 g/mol. The van der Waals surface area contributed by atoms with Crippen LogP contribution in [0.4, 0.5) is 5.13 Å². The third-order valence-corrected chi connectivity index (χ3v) is 4.92. The molecule has 3 rings (SSSR count). The van der Waals surface area contributed by atoms with E-state index in [-0.39, 0.29) is 17.7 Å². The van der Waals surface area contributed by atoms with Crippen LogP contribution < -0.4 is 10.6 Å². The summed E-state index contributed by atoms with van der Waals surface area (Å²) in [6.45, 7) is 2.02. The minimum atomic E-state index is -0.0441. The third kappa shape index (κ3) is 4.76. The van der Waals surface area contributed by atoms with Crippen molar-refractivity contribution in [3.05, 3.63) is 47.4 Å². The molecule has 0 aliphatic heterocycles. The first-order valence-electron chi connectivity index (χ1n) is 8.37. The van der Waals surface area contributed by atoms with Crippen LogP contribution in [0.3, 0.4) is 0 Å². The highest BCUT2D eigenvalue weighted by molar-refractivity contribution is 7.14. The molecule has 0 saturated heterocycles. The zero-order chi connectivity index (χ0) is 17.6. The summed E-state index contributed by atoms with van der Waals surface area (Å²) in [7, 11) is 0. The molecule has 1 aliphatic rings. The Morgan fingerprint density at radius 3 is 2.72 bits per heavy atom. The van der Waals surface area contributed by atoms with Gasteiger partial charge in [0.25, 0.3) is 0 Å². The topological polar surface area (TPSA) is 71.1 Å². The summed E-state index contributed by atoms with van der Waals surface area (Å²) in [5.74, 6) is 0.0544. The average Bonchev–Trinajstić information content (AvgIpc) is 3.09. The van der Waals surface area contributed by atoms with Crippen molar-refractivity contribution in [2.75, 3.05) is 5.32 Å². The molecule has 0 spiro atoms. The number of nitrogens with one attached hydrogen (secondary N) is 2. The van der Waals surface area contributed by atoms with E-state index < -0.39 is 0 Å². The van der Waals surface area contributed by atoms with E-state index in [1.54, 1.807) is 0 Å². The van der Waals surface area contributed by atoms with Gasteiger partial charge in [-0.05, 0) is 24.8 Å². The summed E-state index contributed by atoms with van der Waals surface area (Å²) in [6, 6.07) is 7.89. The highest BCUT2D eigenvalue weighted by atomic mass is 32.1. The van der Waals surface area contributed by atoms with Crippen molar-refractivity contribution in [3.8, 4) is 11.3 Å². The van der Waals surface area contributed by atoms with E-state index in [0.29, 0.717) is 11.7 Å². The van der Waals surface area contributed by atoms with Gasteiger partial charge in [0.1, 0.15) is 0 Å². The van der Waals surface area contributed by atoms with Crippen molar-refractivity contribution >= 4 is 28.3 Å². The average molecular weight is 355 g/mol. The maximum Gasteiger partial charge on any atom is 0.229 e. The van der Waals surface area contributed by atoms with Crippen LogP contribution in [0.2, 0.25) is 0 Å². The van der Waals surface area contributed by atoms with Crippen LogP contribution in [0.15, 0.2) is 41.8 Å². The molecular weight excluding hydrogens is 334 g/mol. The number of anilines is 1. The maximum absolute atomic E-state index is 12.3. The molecule has 2 amide bonds. The van der Waals surface area contributed by atoms with Gasteiger partial charge in [-0.2, -0.15) is 0 Å². The fraction of sp³-hybridized carbons (Fsp3) is 0.316. The molecule has 1 unspecified atom stereocenters. The SMILES string of the molecule is CC(=O)NCc1ccc(-c2csc(NC(=O)C3CC=CCC3)n2)cc1. The number of aromatic nitrogens is 1. The first-order chi connectivity index (χ1) is 12.1. The van der Waals surface area contributed by atoms with Gasteiger partial charge in [-0.1, -0.05) is 36.4 Å². The Bertz CT molecular complexity index is 780. The van der Waals surface area contributed by atoms with Gasteiger partial charge in [-0.15, -0.1) is 11.3 Å². The standard InChI is InChI=1S/C19H21N3O2S/c1-13(23)20-11-14-7-9-15(10-8-14)17-12-25-19(21-17)22-18(24)16-5-3-2-4-6-16/h2-3,7-10,12,16H,4-6,11H2,1H3,(H,20,23)(H,21,22,24). The molecule has 6 heteroatoms. The molecule has 25 heavy (non-hydrogen) atoms. The number of thiazole rings is 1. The summed E-state index contributed by atoms with van der Waals surface area (Å²) in [4.78, 5) is 27.7. The van der Waals surface area contributed by atoms with Crippen LogP contribution in [0.5, 0.6) is 0 Å². The molecule has 2 N–H and O–H groups in total. The lowest BCUT2D eigenvalue weighted by molar-refractivity contribution is -0.120. The van der Waals surface area contributed by atoms with Crippen LogP contribution in [0.1, 0.15) is 31.7 Å². The van der Waals surface area contributed by atoms with Crippen LogP contribution >= 0.6 is 11.3 Å². The number of amides is 2. The van der Waals surface area contributed by atoms with E-state index >= 15 is 0 Å². The number of allylic oxidation sites excluding steroid dienone is 2. The second kappa shape index (κ2) is 8.07. The van der Waals surface area contributed by atoms with Gasteiger partial charge in [-0.25, -0.2) is 4.98 Å². The molecule has 0 fully saturated rings. The van der Waals surface area contributed by atoms with E-state index in [2.05, 4.69) is 27.8 Å². The fourth-order valence-corrected chi connectivity index (χ4v) is 3.45. The normalized spacial score (nSPS) is 16.4. The molecule has 5 nitrogen and oxygen atoms in total. The van der Waals surface area contributed by atoms with Crippen LogP contribution in [0, 0.1) is 5.92 Å². The van der Waals surface area contributed by atoms with E-state index in [1.165, 1.54) is 18.3 Å². The van der Waals surface area contributed by atoms with Gasteiger partial charge in [0.15, 0.2) is 5.13 Å². The summed E-state index contributed by atoms with van der Waals surface area (Å²) >= 11 is 1.44. The van der Waals surface area contributed by atoms with Gasteiger partial charge in [-0.3, -0.25) is 9.59 Å². The molecule has 0 saturated carbocycles. The van der Waals surface area contributed by atoms with E-state index in [4.69, 9.17) is 0 Å². The molecule has 1 heterocycles. The lowest BCUT2D eigenvalue weighted by Gasteiger charge is -2.15. The molecule has 1 aliphatic carbocycles. The molecule has 1 atom stereocenters. The number of rotatable bonds is 5. The molecule has 1 aromatic carbocycles. The second-order valence-electron chi connectivity index (χ2n) is 6.12. The van der Waals surface area contributed by atoms with Crippen LogP contribution in [0.25, 0.3) is 11.3 Å². The Morgan fingerprint density at radius 1 is 1.24 bits per heavy atom. The number of carbonyl (C=O) groups excluding carboxylic acids is 2. The Morgan fingerprint density at radius 2 is 2.04 bits per heavy atom. The van der Waals surface area contributed by atoms with E-state index in [1.807, 2.05) is 29.6 Å². The Balaban J connectivity index is 1.61. The molecule has 130 valence electrons. The summed E-state index contributed by atoms with van der Waals surface area (Å²) in [5, 5.41) is 8.29. The van der Waals surface area contributed by atoms with E-state index in [0.717, 1.165) is 36.1 Å². The zero-order valence-electron chi connectivity index (χ0n) is 14.1. The summed E-state index contributed by atoms with van der Waals surface area (Å²) < 4.78 is 0. The first-order valence-corrected chi connectivity index (χ1v) is 9.25. The number of nitrogens with zero attached hydrogens (tertiary/aromatic N) is 1. The zero-order valence-corrected chi connectivity index (χ0v) is 14.9. The lowest BCUT2D eigenvalue weighted by atomic mass is 9.94. The Kier molecular flexibility index (Phi) is 5.60. The van der Waals surface area contributed by atoms with Gasteiger partial charge in [0.2, 0.25) is 11.8 Å². The van der Waals surface area contributed by atoms with E-state index in [9.17, 15) is 9.59 Å². The predicted molar refractivity (Wildman–Crippen MR) is 100 cm³/mol. The van der Waals surface area contributed by atoms with Gasteiger partial charge in [0, 0.05) is 30.3 Å². The third-order valence-electron chi connectivity index (χ3n) is 4.17. The quantitative estimate of drug-likeness (QED) is 0.803. The van der Waals surface area contributed by atoms with Crippen molar-refractivity contribution in [3.63, 3.8) is 0 Å². The summed E-state index contributed by atoms with van der Waals surface area (Å²) in [5.41, 5.74) is 2.87. The van der Waals surface area contributed by atoms with Gasteiger partial charge in [0.05, 0.1) is 5.69 Å². The molecule has 1 aromatic heterocycles. The minimum Gasteiger partial charge on any atom is -0.352 e. The molecular formula is C19H21N3O2S. The first kappa shape index (κ1) is 17.4. The van der Waals surface area contributed by atoms with Crippen molar-refractivity contribution in [1.29, 1.82) is 0 Å². The number of hydrogen-bond donors (Lipinski definition) is 2. The summed E-state index contributed by atoms with van der Waals surface area (Å²) in [6.07, 6.45) is 6.87. The molecule has 0 radical (unpaired) electrons. The molecule has 0 bridgehead atoms. The second-order valence-corrected chi connectivity index (χ2v) is 6.97. The van der Waals surface area contributed by atoms with Gasteiger partial charge < -0.3 is 10.6 Å². The maximum atomic E-state index is 12.3. The smallest absolute Gasteiger partial charge is 0.229 e. The van der Waals surface area contributed by atoms with Crippen molar-refractivity contribution < 1.29 is 9.59 Å². The lowest BCUT2D eigenvalue weighted by Crippen LogP contribution is -2.23. The minimum absolute atomic E-state index is 0.0441. The van der Waals surface area contributed by atoms with Crippen LogP contribution in [-0.4, -0.2) is 16.8 Å².